The predicted octanol–water partition coefficient (Wildman–Crippen LogP) is 1.49. The van der Waals surface area contributed by atoms with Crippen LogP contribution in [0.2, 0.25) is 0 Å². The van der Waals surface area contributed by atoms with Crippen molar-refractivity contribution in [3.8, 4) is 5.75 Å². The minimum atomic E-state index is -0.744. The zero-order valence-corrected chi connectivity index (χ0v) is 10.5. The Hall–Kier alpha value is -1.73. The molecule has 1 aromatic carbocycles. The maximum Gasteiger partial charge on any atom is 0.272 e. The van der Waals surface area contributed by atoms with Crippen LogP contribution < -0.4 is 10.1 Å². The molecule has 1 saturated heterocycles. The summed E-state index contributed by atoms with van der Waals surface area (Å²) in [4.78, 5) is 9.83. The lowest BCUT2D eigenvalue weighted by atomic mass is 10.2. The van der Waals surface area contributed by atoms with Crippen LogP contribution in [-0.4, -0.2) is 36.8 Å². The number of non-ortho nitro benzene ring substituents is 1. The first-order chi connectivity index (χ1) is 9.06. The van der Waals surface area contributed by atoms with E-state index in [0.29, 0.717) is 6.54 Å². The number of nitro benzene ring substituents is 1. The average molecular weight is 270 g/mol. The molecule has 2 unspecified atom stereocenters. The van der Waals surface area contributed by atoms with Gasteiger partial charge in [-0.15, -0.1) is 0 Å². The Balaban J connectivity index is 1.94. The lowest BCUT2D eigenvalue weighted by Gasteiger charge is -2.28. The summed E-state index contributed by atoms with van der Waals surface area (Å²) >= 11 is 0. The number of morpholine rings is 1. The maximum absolute atomic E-state index is 13.6. The highest BCUT2D eigenvalue weighted by Gasteiger charge is 2.20. The Morgan fingerprint density at radius 1 is 1.58 bits per heavy atom. The Kier molecular flexibility index (Phi) is 4.28. The first-order valence-electron chi connectivity index (χ1n) is 5.99. The fourth-order valence-electron chi connectivity index (χ4n) is 1.87. The summed E-state index contributed by atoms with van der Waals surface area (Å²) in [7, 11) is 0. The zero-order valence-electron chi connectivity index (χ0n) is 10.5. The molecule has 1 aliphatic rings. The van der Waals surface area contributed by atoms with Crippen molar-refractivity contribution in [2.45, 2.75) is 19.1 Å². The quantitative estimate of drug-likeness (QED) is 0.662. The summed E-state index contributed by atoms with van der Waals surface area (Å²) in [5.41, 5.74) is -0.297. The number of ether oxygens (including phenoxy) is 2. The number of hydrogen-bond donors (Lipinski definition) is 1. The number of benzene rings is 1. The molecule has 0 amide bonds. The molecule has 0 saturated carbocycles. The SMILES string of the molecule is CC1CNCC(COc2ccc([N+](=O)[O-])cc2F)O1. The number of halogens is 1. The Bertz CT molecular complexity index is 469. The van der Waals surface area contributed by atoms with Gasteiger partial charge in [0, 0.05) is 19.2 Å². The van der Waals surface area contributed by atoms with Crippen LogP contribution in [0.15, 0.2) is 18.2 Å². The summed E-state index contributed by atoms with van der Waals surface area (Å²) in [6, 6.07) is 3.31. The minimum Gasteiger partial charge on any atom is -0.488 e. The smallest absolute Gasteiger partial charge is 0.272 e. The van der Waals surface area contributed by atoms with E-state index >= 15 is 0 Å². The van der Waals surface area contributed by atoms with Gasteiger partial charge in [-0.3, -0.25) is 10.1 Å². The van der Waals surface area contributed by atoms with E-state index < -0.39 is 10.7 Å². The average Bonchev–Trinajstić information content (AvgIpc) is 2.37. The molecule has 0 aliphatic carbocycles. The molecule has 1 aliphatic heterocycles. The number of rotatable bonds is 4. The topological polar surface area (TPSA) is 73.6 Å². The van der Waals surface area contributed by atoms with E-state index in [0.717, 1.165) is 12.6 Å². The predicted molar refractivity (Wildman–Crippen MR) is 65.8 cm³/mol. The van der Waals surface area contributed by atoms with E-state index in [4.69, 9.17) is 9.47 Å². The summed E-state index contributed by atoms with van der Waals surface area (Å²) in [6.07, 6.45) is -0.0672. The molecule has 6 nitrogen and oxygen atoms in total. The summed E-state index contributed by atoms with van der Waals surface area (Å²) in [5.74, 6) is -0.751. The molecule has 1 N–H and O–H groups in total. The Morgan fingerprint density at radius 2 is 2.37 bits per heavy atom. The molecule has 0 bridgehead atoms. The van der Waals surface area contributed by atoms with Crippen LogP contribution in [0.25, 0.3) is 0 Å². The monoisotopic (exact) mass is 270 g/mol. The highest BCUT2D eigenvalue weighted by atomic mass is 19.1. The van der Waals surface area contributed by atoms with Gasteiger partial charge in [0.15, 0.2) is 11.6 Å². The van der Waals surface area contributed by atoms with E-state index in [2.05, 4.69) is 5.32 Å². The van der Waals surface area contributed by atoms with Crippen molar-refractivity contribution in [1.82, 2.24) is 5.32 Å². The largest absolute Gasteiger partial charge is 0.488 e. The molecule has 1 heterocycles. The van der Waals surface area contributed by atoms with Crippen molar-refractivity contribution in [2.24, 2.45) is 0 Å². The Labute approximate surface area is 109 Å². The van der Waals surface area contributed by atoms with Crippen molar-refractivity contribution < 1.29 is 18.8 Å². The number of hydrogen-bond acceptors (Lipinski definition) is 5. The molecule has 7 heteroatoms. The second-order valence-corrected chi connectivity index (χ2v) is 4.41. The lowest BCUT2D eigenvalue weighted by molar-refractivity contribution is -0.385. The van der Waals surface area contributed by atoms with Crippen LogP contribution in [0, 0.1) is 15.9 Å². The van der Waals surface area contributed by atoms with Crippen LogP contribution in [0.5, 0.6) is 5.75 Å². The molecular formula is C12H15FN2O4. The van der Waals surface area contributed by atoms with Crippen molar-refractivity contribution in [2.75, 3.05) is 19.7 Å². The molecule has 104 valence electrons. The van der Waals surface area contributed by atoms with Crippen molar-refractivity contribution in [3.63, 3.8) is 0 Å². The molecule has 2 rings (SSSR count). The van der Waals surface area contributed by atoms with E-state index in [1.165, 1.54) is 12.1 Å². The summed E-state index contributed by atoms with van der Waals surface area (Å²) < 4.78 is 24.4. The Morgan fingerprint density at radius 3 is 3.00 bits per heavy atom. The van der Waals surface area contributed by atoms with Gasteiger partial charge in [0.1, 0.15) is 12.7 Å². The van der Waals surface area contributed by atoms with Gasteiger partial charge < -0.3 is 14.8 Å². The minimum absolute atomic E-state index is 0.00701. The van der Waals surface area contributed by atoms with Crippen LogP contribution >= 0.6 is 0 Å². The van der Waals surface area contributed by atoms with Gasteiger partial charge in [0.25, 0.3) is 5.69 Å². The molecule has 2 atom stereocenters. The first kappa shape index (κ1) is 13.7. The molecule has 0 spiro atoms. The van der Waals surface area contributed by atoms with E-state index in [1.807, 2.05) is 6.92 Å². The van der Waals surface area contributed by atoms with Gasteiger partial charge in [-0.05, 0) is 13.0 Å². The van der Waals surface area contributed by atoms with E-state index in [-0.39, 0.29) is 30.3 Å². The maximum atomic E-state index is 13.6. The summed E-state index contributed by atoms with van der Waals surface area (Å²) in [5, 5.41) is 13.6. The van der Waals surface area contributed by atoms with Crippen molar-refractivity contribution in [1.29, 1.82) is 0 Å². The second-order valence-electron chi connectivity index (χ2n) is 4.41. The fourth-order valence-corrected chi connectivity index (χ4v) is 1.87. The normalized spacial score (nSPS) is 23.1. The first-order valence-corrected chi connectivity index (χ1v) is 5.99. The van der Waals surface area contributed by atoms with Gasteiger partial charge in [-0.25, -0.2) is 4.39 Å². The summed E-state index contributed by atoms with van der Waals surface area (Å²) in [6.45, 7) is 3.55. The third-order valence-corrected chi connectivity index (χ3v) is 2.78. The second kappa shape index (κ2) is 5.94. The molecule has 19 heavy (non-hydrogen) atoms. The zero-order chi connectivity index (χ0) is 13.8. The van der Waals surface area contributed by atoms with Crippen LogP contribution in [-0.2, 0) is 4.74 Å². The van der Waals surface area contributed by atoms with E-state index in [1.54, 1.807) is 0 Å². The molecule has 0 radical (unpaired) electrons. The van der Waals surface area contributed by atoms with Crippen LogP contribution in [0.4, 0.5) is 10.1 Å². The third-order valence-electron chi connectivity index (χ3n) is 2.78. The van der Waals surface area contributed by atoms with Gasteiger partial charge in [-0.1, -0.05) is 0 Å². The van der Waals surface area contributed by atoms with Gasteiger partial charge in [0.2, 0.25) is 0 Å². The highest BCUT2D eigenvalue weighted by molar-refractivity contribution is 5.37. The highest BCUT2D eigenvalue weighted by Crippen LogP contribution is 2.22. The number of nitrogens with one attached hydrogen (secondary N) is 1. The van der Waals surface area contributed by atoms with Crippen LogP contribution in [0.3, 0.4) is 0 Å². The van der Waals surface area contributed by atoms with Crippen LogP contribution in [0.1, 0.15) is 6.92 Å². The van der Waals surface area contributed by atoms with E-state index in [9.17, 15) is 14.5 Å². The van der Waals surface area contributed by atoms with Crippen molar-refractivity contribution >= 4 is 5.69 Å². The number of nitro groups is 1. The lowest BCUT2D eigenvalue weighted by Crippen LogP contribution is -2.45. The molecule has 1 fully saturated rings. The fraction of sp³-hybridized carbons (Fsp3) is 0.500. The molecular weight excluding hydrogens is 255 g/mol. The van der Waals surface area contributed by atoms with Gasteiger partial charge in [0.05, 0.1) is 17.1 Å². The number of nitrogens with zero attached hydrogens (tertiary/aromatic N) is 1. The standard InChI is InChI=1S/C12H15FN2O4/c1-8-5-14-6-10(19-8)7-18-12-3-2-9(15(16)17)4-11(12)13/h2-4,8,10,14H,5-7H2,1H3. The third kappa shape index (κ3) is 3.62. The molecule has 0 aromatic heterocycles. The van der Waals surface area contributed by atoms with Gasteiger partial charge >= 0.3 is 0 Å². The van der Waals surface area contributed by atoms with Gasteiger partial charge in [-0.2, -0.15) is 0 Å². The van der Waals surface area contributed by atoms with Crippen molar-refractivity contribution in [3.05, 3.63) is 34.1 Å². The molecule has 1 aromatic rings.